The molecular weight excluding hydrogens is 349 g/mol. The van der Waals surface area contributed by atoms with Crippen molar-refractivity contribution in [3.63, 3.8) is 0 Å². The molecule has 0 radical (unpaired) electrons. The summed E-state index contributed by atoms with van der Waals surface area (Å²) in [6.45, 7) is 6.53. The number of nitrogens with zero attached hydrogens (tertiary/aromatic N) is 2. The Labute approximate surface area is 151 Å². The minimum atomic E-state index is -4.56. The second-order valence-corrected chi connectivity index (χ2v) is 8.43. The van der Waals surface area contributed by atoms with E-state index in [1.165, 1.54) is 7.11 Å². The van der Waals surface area contributed by atoms with E-state index in [1.54, 1.807) is 6.07 Å². The van der Waals surface area contributed by atoms with Gasteiger partial charge in [0.1, 0.15) is 11.1 Å². The van der Waals surface area contributed by atoms with Crippen molar-refractivity contribution >= 4 is 11.8 Å². The van der Waals surface area contributed by atoms with Gasteiger partial charge in [-0.05, 0) is 36.2 Å². The lowest BCUT2D eigenvalue weighted by Gasteiger charge is -2.36. The van der Waals surface area contributed by atoms with Crippen LogP contribution in [0.4, 0.5) is 13.2 Å². The Morgan fingerprint density at radius 2 is 2.00 bits per heavy atom. The number of alkyl halides is 3. The lowest BCUT2D eigenvalue weighted by molar-refractivity contribution is -0.139. The summed E-state index contributed by atoms with van der Waals surface area (Å²) in [5.41, 5.74) is -0.506. The highest BCUT2D eigenvalue weighted by atomic mass is 32.2. The van der Waals surface area contributed by atoms with E-state index in [0.717, 1.165) is 18.2 Å². The highest BCUT2D eigenvalue weighted by molar-refractivity contribution is 7.99. The summed E-state index contributed by atoms with van der Waals surface area (Å²) in [5, 5.41) is 9.58. The number of hydrogen-bond acceptors (Lipinski definition) is 4. The Hall–Kier alpha value is -1.26. The summed E-state index contributed by atoms with van der Waals surface area (Å²) >= 11 is 1.15. The van der Waals surface area contributed by atoms with Gasteiger partial charge in [-0.1, -0.05) is 20.8 Å². The summed E-state index contributed by atoms with van der Waals surface area (Å²) in [4.78, 5) is 4.43. The van der Waals surface area contributed by atoms with Gasteiger partial charge in [-0.2, -0.15) is 18.4 Å². The fourth-order valence-corrected chi connectivity index (χ4v) is 4.13. The van der Waals surface area contributed by atoms with E-state index >= 15 is 0 Å². The fraction of sp³-hybridized carbons (Fsp3) is 0.667. The van der Waals surface area contributed by atoms with E-state index in [9.17, 15) is 18.4 Å². The minimum Gasteiger partial charge on any atom is -0.384 e. The molecule has 2 rings (SSSR count). The van der Waals surface area contributed by atoms with Crippen LogP contribution in [0.15, 0.2) is 5.03 Å². The third kappa shape index (κ3) is 4.48. The summed E-state index contributed by atoms with van der Waals surface area (Å²) in [6.07, 6.45) is -2.91. The first-order chi connectivity index (χ1) is 11.6. The molecule has 0 spiro atoms. The standard InChI is InChI=1S/C18H23F3N2OS/c1-17(2,3)11-5-6-14-12(9-11)15(18(19,20)21)13(10-22)16(23-14)25-8-7-24-4/h11H,5-9H2,1-4H3. The largest absolute Gasteiger partial charge is 0.418 e. The average molecular weight is 372 g/mol. The van der Waals surface area contributed by atoms with Crippen molar-refractivity contribution in [1.82, 2.24) is 4.98 Å². The van der Waals surface area contributed by atoms with Gasteiger partial charge in [-0.25, -0.2) is 4.98 Å². The molecule has 7 heteroatoms. The van der Waals surface area contributed by atoms with E-state index in [2.05, 4.69) is 4.98 Å². The molecule has 1 heterocycles. The fourth-order valence-electron chi connectivity index (χ4n) is 3.22. The SMILES string of the molecule is COCCSc1nc2c(c(C(F)(F)F)c1C#N)CC(C(C)(C)C)CC2. The zero-order valence-electron chi connectivity index (χ0n) is 15.0. The highest BCUT2D eigenvalue weighted by Gasteiger charge is 2.42. The maximum absolute atomic E-state index is 13.8. The Kier molecular flexibility index (Phi) is 6.05. The highest BCUT2D eigenvalue weighted by Crippen LogP contribution is 2.44. The van der Waals surface area contributed by atoms with Crippen LogP contribution < -0.4 is 0 Å². The number of aryl methyl sites for hydroxylation is 1. The zero-order valence-corrected chi connectivity index (χ0v) is 15.8. The molecule has 0 aromatic carbocycles. The lowest BCUT2D eigenvalue weighted by atomic mass is 9.70. The van der Waals surface area contributed by atoms with Crippen LogP contribution in [0.2, 0.25) is 0 Å². The summed E-state index contributed by atoms with van der Waals surface area (Å²) in [7, 11) is 1.53. The van der Waals surface area contributed by atoms with Crippen molar-refractivity contribution in [3.8, 4) is 6.07 Å². The normalized spacial score (nSPS) is 17.9. The first kappa shape index (κ1) is 20.1. The molecule has 0 amide bonds. The van der Waals surface area contributed by atoms with E-state index < -0.39 is 11.7 Å². The van der Waals surface area contributed by atoms with E-state index in [4.69, 9.17) is 4.74 Å². The predicted molar refractivity (Wildman–Crippen MR) is 91.5 cm³/mol. The Morgan fingerprint density at radius 1 is 1.32 bits per heavy atom. The van der Waals surface area contributed by atoms with Crippen molar-refractivity contribution < 1.29 is 17.9 Å². The van der Waals surface area contributed by atoms with Gasteiger partial charge in [0, 0.05) is 18.6 Å². The lowest BCUT2D eigenvalue weighted by Crippen LogP contribution is -2.30. The number of nitriles is 1. The van der Waals surface area contributed by atoms with Crippen LogP contribution in [0.1, 0.15) is 49.6 Å². The van der Waals surface area contributed by atoms with Gasteiger partial charge in [0.05, 0.1) is 17.7 Å². The van der Waals surface area contributed by atoms with E-state index in [1.807, 2.05) is 20.8 Å². The van der Waals surface area contributed by atoms with Gasteiger partial charge < -0.3 is 4.74 Å². The molecule has 0 saturated carbocycles. The molecule has 1 atom stereocenters. The van der Waals surface area contributed by atoms with E-state index in [-0.39, 0.29) is 27.5 Å². The first-order valence-corrected chi connectivity index (χ1v) is 9.23. The van der Waals surface area contributed by atoms with Crippen LogP contribution in [-0.4, -0.2) is 24.5 Å². The van der Waals surface area contributed by atoms with Crippen LogP contribution >= 0.6 is 11.8 Å². The molecule has 0 aliphatic heterocycles. The van der Waals surface area contributed by atoms with Gasteiger partial charge in [0.15, 0.2) is 0 Å². The summed E-state index contributed by atoms with van der Waals surface area (Å²) < 4.78 is 46.4. The van der Waals surface area contributed by atoms with Crippen molar-refractivity contribution in [2.24, 2.45) is 11.3 Å². The van der Waals surface area contributed by atoms with Gasteiger partial charge in [-0.15, -0.1) is 11.8 Å². The number of aromatic nitrogens is 1. The van der Waals surface area contributed by atoms with Crippen molar-refractivity contribution in [1.29, 1.82) is 5.26 Å². The minimum absolute atomic E-state index is 0.0841. The smallest absolute Gasteiger partial charge is 0.384 e. The Balaban J connectivity index is 2.56. The Bertz CT molecular complexity index is 675. The van der Waals surface area contributed by atoms with Gasteiger partial charge in [-0.3, -0.25) is 0 Å². The molecule has 0 N–H and O–H groups in total. The van der Waals surface area contributed by atoms with Gasteiger partial charge in [0.25, 0.3) is 0 Å². The zero-order chi connectivity index (χ0) is 18.8. The molecule has 0 fully saturated rings. The van der Waals surface area contributed by atoms with Crippen LogP contribution in [0, 0.1) is 22.7 Å². The molecule has 1 aromatic heterocycles. The number of fused-ring (bicyclic) bond motifs is 1. The van der Waals surface area contributed by atoms with Gasteiger partial charge >= 0.3 is 6.18 Å². The molecule has 1 aromatic rings. The third-order valence-corrected chi connectivity index (χ3v) is 5.62. The second-order valence-electron chi connectivity index (χ2n) is 7.35. The average Bonchev–Trinajstić information content (AvgIpc) is 2.51. The van der Waals surface area contributed by atoms with Crippen molar-refractivity contribution in [2.75, 3.05) is 19.5 Å². The second kappa shape index (κ2) is 7.55. The summed E-state index contributed by atoms with van der Waals surface area (Å²) in [6, 6.07) is 1.76. The number of thioether (sulfide) groups is 1. The van der Waals surface area contributed by atoms with Crippen molar-refractivity contribution in [2.45, 2.75) is 51.2 Å². The number of pyridine rings is 1. The predicted octanol–water partition coefficient (Wildman–Crippen LogP) is 4.86. The maximum atomic E-state index is 13.8. The molecule has 138 valence electrons. The van der Waals surface area contributed by atoms with Crippen molar-refractivity contribution in [3.05, 3.63) is 22.4 Å². The molecule has 1 unspecified atom stereocenters. The van der Waals surface area contributed by atoms with E-state index in [0.29, 0.717) is 30.9 Å². The third-order valence-electron chi connectivity index (χ3n) is 4.68. The molecular formula is C18H23F3N2OS. The molecule has 0 bridgehead atoms. The maximum Gasteiger partial charge on any atom is 0.418 e. The van der Waals surface area contributed by atoms with Crippen LogP contribution in [0.5, 0.6) is 0 Å². The molecule has 25 heavy (non-hydrogen) atoms. The summed E-state index contributed by atoms with van der Waals surface area (Å²) in [5.74, 6) is 0.597. The van der Waals surface area contributed by atoms with Gasteiger partial charge in [0.2, 0.25) is 0 Å². The number of hydrogen-bond donors (Lipinski definition) is 0. The molecule has 1 aliphatic carbocycles. The monoisotopic (exact) mass is 372 g/mol. The number of rotatable bonds is 4. The first-order valence-electron chi connectivity index (χ1n) is 8.24. The number of halogens is 3. The quantitative estimate of drug-likeness (QED) is 0.559. The van der Waals surface area contributed by atoms with Crippen LogP contribution in [-0.2, 0) is 23.8 Å². The molecule has 0 saturated heterocycles. The molecule has 3 nitrogen and oxygen atoms in total. The van der Waals surface area contributed by atoms with Crippen LogP contribution in [0.25, 0.3) is 0 Å². The van der Waals surface area contributed by atoms with Crippen LogP contribution in [0.3, 0.4) is 0 Å². The Morgan fingerprint density at radius 3 is 2.52 bits per heavy atom. The topological polar surface area (TPSA) is 45.9 Å². The number of ether oxygens (including phenoxy) is 1. The number of methoxy groups -OCH3 is 1. The molecule has 1 aliphatic rings.